The number of nitrogens with one attached hydrogen (secondary N) is 2. The lowest BCUT2D eigenvalue weighted by Crippen LogP contribution is -2.36. The van der Waals surface area contributed by atoms with Crippen LogP contribution < -0.4 is 11.1 Å². The molecule has 0 spiro atoms. The summed E-state index contributed by atoms with van der Waals surface area (Å²) in [5.41, 5.74) is 7.32. The minimum atomic E-state index is -1.20. The van der Waals surface area contributed by atoms with E-state index >= 15 is 0 Å². The molecule has 0 saturated carbocycles. The number of amides is 1. The van der Waals surface area contributed by atoms with Crippen molar-refractivity contribution in [2.45, 2.75) is 19.4 Å². The molecule has 2 aromatic heterocycles. The maximum Gasteiger partial charge on any atom is 0.243 e. The molecule has 1 amide bonds. The Morgan fingerprint density at radius 3 is 2.74 bits per heavy atom. The van der Waals surface area contributed by atoms with Crippen LogP contribution in [0.5, 0.6) is 0 Å². The van der Waals surface area contributed by atoms with Gasteiger partial charge in [-0.2, -0.15) is 4.37 Å². The molecule has 0 radical (unpaired) electrons. The number of carbonyl (C=O) groups excluding carboxylic acids is 1. The molecular weight excluding hydrogens is 373 g/mol. The summed E-state index contributed by atoms with van der Waals surface area (Å²) in [6.07, 6.45) is 1.87. The molecule has 2 aromatic rings. The average molecular weight is 393 g/mol. The van der Waals surface area contributed by atoms with Crippen LogP contribution in [0.3, 0.4) is 0 Å². The Kier molecular flexibility index (Phi) is 6.04. The Bertz CT molecular complexity index is 821. The van der Waals surface area contributed by atoms with Gasteiger partial charge in [0.2, 0.25) is 5.91 Å². The topological polar surface area (TPSA) is 130 Å². The first-order chi connectivity index (χ1) is 13.0. The smallest absolute Gasteiger partial charge is 0.243 e. The summed E-state index contributed by atoms with van der Waals surface area (Å²) in [6, 6.07) is 0. The molecule has 27 heavy (non-hydrogen) atoms. The van der Waals surface area contributed by atoms with Crippen molar-refractivity contribution in [1.29, 1.82) is 5.41 Å². The van der Waals surface area contributed by atoms with Crippen molar-refractivity contribution in [2.75, 3.05) is 31.6 Å². The Morgan fingerprint density at radius 2 is 2.11 bits per heavy atom. The fourth-order valence-electron chi connectivity index (χ4n) is 2.71. The highest BCUT2D eigenvalue weighted by Crippen LogP contribution is 2.27. The normalized spacial score (nSPS) is 16.1. The van der Waals surface area contributed by atoms with Crippen LogP contribution in [0.2, 0.25) is 0 Å². The van der Waals surface area contributed by atoms with Gasteiger partial charge in [0.1, 0.15) is 16.7 Å². The summed E-state index contributed by atoms with van der Waals surface area (Å²) in [5.74, 6) is -2.84. The summed E-state index contributed by atoms with van der Waals surface area (Å²) in [6.45, 7) is 5.48. The quantitative estimate of drug-likeness (QED) is 0.490. The minimum Gasteiger partial charge on any atom is -0.387 e. The van der Waals surface area contributed by atoms with Gasteiger partial charge in [-0.15, -0.1) is 0 Å². The van der Waals surface area contributed by atoms with E-state index in [0.29, 0.717) is 24.8 Å². The number of nitrogens with zero attached hydrogens (tertiary/aromatic N) is 4. The molecule has 0 aliphatic carbocycles. The van der Waals surface area contributed by atoms with Crippen molar-refractivity contribution >= 4 is 28.3 Å². The van der Waals surface area contributed by atoms with E-state index in [1.807, 2.05) is 6.92 Å². The van der Waals surface area contributed by atoms with Crippen LogP contribution >= 0.6 is 11.5 Å². The third kappa shape index (κ3) is 4.62. The van der Waals surface area contributed by atoms with E-state index in [0.717, 1.165) is 36.7 Å². The van der Waals surface area contributed by atoms with E-state index in [4.69, 9.17) is 15.9 Å². The largest absolute Gasteiger partial charge is 0.387 e. The first kappa shape index (κ1) is 19.3. The number of anilines is 1. The lowest BCUT2D eigenvalue weighted by molar-refractivity contribution is -0.116. The summed E-state index contributed by atoms with van der Waals surface area (Å²) in [5, 5.41) is 11.1. The summed E-state index contributed by atoms with van der Waals surface area (Å²) in [4.78, 5) is 22.5. The standard InChI is InChI=1S/C16H20FN7O2S/c1-9-11(8-24-2-4-26-5-3-24)16(27-23-9)22-15(25)12(13(18)19)14-20-6-10(17)7-21-14/h6-7,12H,2-5,8H2,1H3,(H3,18,19)(H,22,25). The van der Waals surface area contributed by atoms with Crippen molar-refractivity contribution in [3.05, 3.63) is 35.3 Å². The van der Waals surface area contributed by atoms with Crippen LogP contribution in [-0.2, 0) is 16.1 Å². The molecule has 9 nitrogen and oxygen atoms in total. The van der Waals surface area contributed by atoms with Gasteiger partial charge in [-0.05, 0) is 18.5 Å². The number of aryl methyl sites for hydroxylation is 1. The SMILES string of the molecule is Cc1nsc(NC(=O)C(C(=N)N)c2ncc(F)cn2)c1CN1CCOCC1. The summed E-state index contributed by atoms with van der Waals surface area (Å²) >= 11 is 1.17. The molecular formula is C16H20FN7O2S. The molecule has 1 unspecified atom stereocenters. The Balaban J connectivity index is 1.78. The van der Waals surface area contributed by atoms with Crippen molar-refractivity contribution in [2.24, 2.45) is 5.73 Å². The number of nitrogens with two attached hydrogens (primary N) is 1. The monoisotopic (exact) mass is 393 g/mol. The second-order valence-electron chi connectivity index (χ2n) is 6.10. The second-order valence-corrected chi connectivity index (χ2v) is 6.87. The Hall–Kier alpha value is -2.50. The van der Waals surface area contributed by atoms with Gasteiger partial charge in [-0.1, -0.05) is 0 Å². The van der Waals surface area contributed by atoms with Crippen LogP contribution in [0.4, 0.5) is 9.39 Å². The molecule has 1 aliphatic rings. The summed E-state index contributed by atoms with van der Waals surface area (Å²) < 4.78 is 22.7. The predicted molar refractivity (Wildman–Crippen MR) is 98.2 cm³/mol. The number of morpholine rings is 1. The van der Waals surface area contributed by atoms with Crippen LogP contribution in [0.1, 0.15) is 23.0 Å². The van der Waals surface area contributed by atoms with Crippen molar-refractivity contribution in [3.63, 3.8) is 0 Å². The third-order valence-electron chi connectivity index (χ3n) is 4.18. The van der Waals surface area contributed by atoms with Crippen molar-refractivity contribution in [1.82, 2.24) is 19.2 Å². The number of aromatic nitrogens is 3. The number of rotatable bonds is 6. The third-order valence-corrected chi connectivity index (χ3v) is 5.07. The highest BCUT2D eigenvalue weighted by atomic mass is 32.1. The van der Waals surface area contributed by atoms with Gasteiger partial charge in [0.15, 0.2) is 11.7 Å². The maximum atomic E-state index is 13.0. The van der Waals surface area contributed by atoms with E-state index in [1.165, 1.54) is 11.5 Å². The molecule has 1 aliphatic heterocycles. The number of ether oxygens (including phenoxy) is 1. The first-order valence-corrected chi connectivity index (χ1v) is 9.10. The lowest BCUT2D eigenvalue weighted by atomic mass is 10.1. The molecule has 1 atom stereocenters. The van der Waals surface area contributed by atoms with E-state index in [9.17, 15) is 9.18 Å². The number of hydrogen-bond donors (Lipinski definition) is 3. The number of carbonyl (C=O) groups is 1. The second kappa shape index (κ2) is 8.46. The highest BCUT2D eigenvalue weighted by molar-refractivity contribution is 7.10. The first-order valence-electron chi connectivity index (χ1n) is 8.33. The van der Waals surface area contributed by atoms with Crippen molar-refractivity contribution in [3.8, 4) is 0 Å². The van der Waals surface area contributed by atoms with E-state index in [2.05, 4.69) is 24.6 Å². The van der Waals surface area contributed by atoms with Crippen LogP contribution in [0.15, 0.2) is 12.4 Å². The molecule has 3 heterocycles. The lowest BCUT2D eigenvalue weighted by Gasteiger charge is -2.26. The van der Waals surface area contributed by atoms with Gasteiger partial charge < -0.3 is 15.8 Å². The van der Waals surface area contributed by atoms with Crippen LogP contribution in [0, 0.1) is 18.2 Å². The number of hydrogen-bond acceptors (Lipinski definition) is 8. The molecule has 4 N–H and O–H groups in total. The minimum absolute atomic E-state index is 0.0302. The zero-order valence-corrected chi connectivity index (χ0v) is 15.6. The van der Waals surface area contributed by atoms with E-state index in [1.54, 1.807) is 0 Å². The van der Waals surface area contributed by atoms with Gasteiger partial charge in [0, 0.05) is 25.2 Å². The predicted octanol–water partition coefficient (Wildman–Crippen LogP) is 0.871. The Morgan fingerprint density at radius 1 is 1.44 bits per heavy atom. The average Bonchev–Trinajstić information content (AvgIpc) is 2.97. The van der Waals surface area contributed by atoms with Crippen molar-refractivity contribution < 1.29 is 13.9 Å². The zero-order valence-electron chi connectivity index (χ0n) is 14.7. The molecule has 0 bridgehead atoms. The molecule has 3 rings (SSSR count). The number of amidine groups is 1. The summed E-state index contributed by atoms with van der Waals surface area (Å²) in [7, 11) is 0. The molecule has 144 valence electrons. The maximum absolute atomic E-state index is 13.0. The van der Waals surface area contributed by atoms with Gasteiger partial charge in [-0.25, -0.2) is 14.4 Å². The fraction of sp³-hybridized carbons (Fsp3) is 0.438. The van der Waals surface area contributed by atoms with Crippen LogP contribution in [-0.4, -0.2) is 57.3 Å². The molecule has 0 aromatic carbocycles. The molecule has 1 saturated heterocycles. The van der Waals surface area contributed by atoms with Gasteiger partial charge in [-0.3, -0.25) is 15.1 Å². The highest BCUT2D eigenvalue weighted by Gasteiger charge is 2.28. The van der Waals surface area contributed by atoms with E-state index < -0.39 is 23.5 Å². The van der Waals surface area contributed by atoms with Gasteiger partial charge in [0.25, 0.3) is 0 Å². The Labute approximate surface area is 159 Å². The van der Waals surface area contributed by atoms with Crippen LogP contribution in [0.25, 0.3) is 0 Å². The molecule has 1 fully saturated rings. The fourth-order valence-corrected chi connectivity index (χ4v) is 3.52. The van der Waals surface area contributed by atoms with Gasteiger partial charge in [0.05, 0.1) is 31.3 Å². The van der Waals surface area contributed by atoms with Gasteiger partial charge >= 0.3 is 0 Å². The van der Waals surface area contributed by atoms with E-state index in [-0.39, 0.29) is 5.82 Å². The zero-order chi connectivity index (χ0) is 19.4. The molecule has 11 heteroatoms. The number of halogens is 1.